The summed E-state index contributed by atoms with van der Waals surface area (Å²) in [5.41, 5.74) is 0.636. The van der Waals surface area contributed by atoms with Gasteiger partial charge >= 0.3 is 11.9 Å². The van der Waals surface area contributed by atoms with Crippen LogP contribution in [0.4, 0.5) is 0 Å². The van der Waals surface area contributed by atoms with E-state index in [0.29, 0.717) is 36.6 Å². The van der Waals surface area contributed by atoms with Gasteiger partial charge in [-0.1, -0.05) is 0 Å². The Kier molecular flexibility index (Phi) is 10.1. The van der Waals surface area contributed by atoms with Crippen LogP contribution in [0, 0.1) is 0 Å². The van der Waals surface area contributed by atoms with Crippen LogP contribution in [0.25, 0.3) is 6.08 Å². The van der Waals surface area contributed by atoms with Gasteiger partial charge in [-0.2, -0.15) is 0 Å². The lowest BCUT2D eigenvalue weighted by Gasteiger charge is -2.07. The van der Waals surface area contributed by atoms with E-state index in [-0.39, 0.29) is 12.4 Å². The van der Waals surface area contributed by atoms with E-state index in [0.717, 1.165) is 0 Å². The molecule has 0 bridgehead atoms. The van der Waals surface area contributed by atoms with Crippen molar-refractivity contribution in [3.05, 3.63) is 29.8 Å². The van der Waals surface area contributed by atoms with E-state index >= 15 is 0 Å². The van der Waals surface area contributed by atoms with Crippen molar-refractivity contribution >= 4 is 23.9 Å². The number of amides is 1. The zero-order valence-electron chi connectivity index (χ0n) is 15.8. The van der Waals surface area contributed by atoms with Crippen LogP contribution >= 0.6 is 0 Å². The minimum absolute atomic E-state index is 0.221. The van der Waals surface area contributed by atoms with Crippen LogP contribution in [0.3, 0.4) is 0 Å². The quantitative estimate of drug-likeness (QED) is 0.355. The zero-order valence-corrected chi connectivity index (χ0v) is 15.8. The van der Waals surface area contributed by atoms with E-state index in [9.17, 15) is 14.4 Å². The molecule has 1 N–H and O–H groups in total. The molecule has 8 heteroatoms. The summed E-state index contributed by atoms with van der Waals surface area (Å²) in [7, 11) is 3.05. The summed E-state index contributed by atoms with van der Waals surface area (Å²) in [6, 6.07) is 5.16. The number of methoxy groups -OCH3 is 2. The molecule has 0 fully saturated rings. The number of esters is 2. The SMILES string of the molecule is CCOC(=O)CCCNC(=O)COC(=O)/C=C/c1cc(OC)ccc1OC. The third kappa shape index (κ3) is 8.75. The summed E-state index contributed by atoms with van der Waals surface area (Å²) in [5, 5.41) is 2.56. The fraction of sp³-hybridized carbons (Fsp3) is 0.421. The fourth-order valence-electron chi connectivity index (χ4n) is 2.06. The van der Waals surface area contributed by atoms with Crippen molar-refractivity contribution in [3.63, 3.8) is 0 Å². The molecular formula is C19H25NO7. The van der Waals surface area contributed by atoms with Gasteiger partial charge in [0.05, 0.1) is 20.8 Å². The van der Waals surface area contributed by atoms with Gasteiger partial charge in [0.2, 0.25) is 0 Å². The topological polar surface area (TPSA) is 100 Å². The van der Waals surface area contributed by atoms with Crippen molar-refractivity contribution in [2.24, 2.45) is 0 Å². The van der Waals surface area contributed by atoms with E-state index < -0.39 is 18.5 Å². The fourth-order valence-corrected chi connectivity index (χ4v) is 2.06. The van der Waals surface area contributed by atoms with E-state index in [2.05, 4.69) is 5.32 Å². The second-order valence-electron chi connectivity index (χ2n) is 5.31. The van der Waals surface area contributed by atoms with Gasteiger partial charge in [-0.3, -0.25) is 9.59 Å². The lowest BCUT2D eigenvalue weighted by molar-refractivity contribution is -0.143. The molecule has 0 aliphatic rings. The number of benzene rings is 1. The smallest absolute Gasteiger partial charge is 0.331 e. The molecule has 27 heavy (non-hydrogen) atoms. The van der Waals surface area contributed by atoms with E-state index in [4.69, 9.17) is 18.9 Å². The standard InChI is InChI=1S/C19H25NO7/c1-4-26-18(22)6-5-11-20-17(21)13-27-19(23)10-7-14-12-15(24-2)8-9-16(14)25-3/h7-10,12H,4-6,11,13H2,1-3H3,(H,20,21)/b10-7+. The minimum Gasteiger partial charge on any atom is -0.497 e. The first-order valence-electron chi connectivity index (χ1n) is 8.49. The number of ether oxygens (including phenoxy) is 4. The van der Waals surface area contributed by atoms with Crippen LogP contribution in [0.15, 0.2) is 24.3 Å². The van der Waals surface area contributed by atoms with Gasteiger partial charge in [0.25, 0.3) is 5.91 Å². The van der Waals surface area contributed by atoms with Crippen molar-refractivity contribution in [2.45, 2.75) is 19.8 Å². The van der Waals surface area contributed by atoms with Gasteiger partial charge in [-0.25, -0.2) is 4.79 Å². The molecule has 1 aromatic carbocycles. The Balaban J connectivity index is 2.37. The number of hydrogen-bond donors (Lipinski definition) is 1. The van der Waals surface area contributed by atoms with Crippen LogP contribution in [0.1, 0.15) is 25.3 Å². The number of rotatable bonds is 11. The van der Waals surface area contributed by atoms with E-state index in [1.165, 1.54) is 26.4 Å². The highest BCUT2D eigenvalue weighted by molar-refractivity contribution is 5.89. The molecule has 1 amide bonds. The van der Waals surface area contributed by atoms with Gasteiger partial charge in [-0.05, 0) is 37.6 Å². The Morgan fingerprint density at radius 3 is 2.56 bits per heavy atom. The lowest BCUT2D eigenvalue weighted by Crippen LogP contribution is -2.29. The Hall–Kier alpha value is -3.03. The first kappa shape index (κ1) is 22.0. The summed E-state index contributed by atoms with van der Waals surface area (Å²) in [4.78, 5) is 34.5. The predicted octanol–water partition coefficient (Wildman–Crippen LogP) is 1.72. The van der Waals surface area contributed by atoms with Gasteiger partial charge in [0.15, 0.2) is 6.61 Å². The van der Waals surface area contributed by atoms with Crippen molar-refractivity contribution < 1.29 is 33.3 Å². The van der Waals surface area contributed by atoms with Crippen molar-refractivity contribution in [1.29, 1.82) is 0 Å². The Morgan fingerprint density at radius 1 is 1.11 bits per heavy atom. The van der Waals surface area contributed by atoms with Crippen molar-refractivity contribution in [2.75, 3.05) is 34.0 Å². The number of nitrogens with one attached hydrogen (secondary N) is 1. The molecule has 0 spiro atoms. The summed E-state index contributed by atoms with van der Waals surface area (Å²) in [5.74, 6) is -0.234. The molecule has 8 nitrogen and oxygen atoms in total. The number of carbonyl (C=O) groups excluding carboxylic acids is 3. The van der Waals surface area contributed by atoms with Crippen molar-refractivity contribution in [1.82, 2.24) is 5.32 Å². The summed E-state index contributed by atoms with van der Waals surface area (Å²) < 4.78 is 20.0. The van der Waals surface area contributed by atoms with Gasteiger partial charge in [0.1, 0.15) is 11.5 Å². The zero-order chi connectivity index (χ0) is 20.1. The average molecular weight is 379 g/mol. The maximum Gasteiger partial charge on any atom is 0.331 e. The molecule has 0 saturated heterocycles. The Labute approximate surface area is 158 Å². The molecule has 0 aromatic heterocycles. The highest BCUT2D eigenvalue weighted by Gasteiger charge is 2.07. The molecule has 0 saturated carbocycles. The number of carbonyl (C=O) groups is 3. The third-order valence-corrected chi connectivity index (χ3v) is 3.37. The molecule has 0 radical (unpaired) electrons. The first-order valence-corrected chi connectivity index (χ1v) is 8.49. The molecule has 0 heterocycles. The molecule has 1 aromatic rings. The summed E-state index contributed by atoms with van der Waals surface area (Å²) >= 11 is 0. The highest BCUT2D eigenvalue weighted by atomic mass is 16.5. The van der Waals surface area contributed by atoms with E-state index in [1.54, 1.807) is 25.1 Å². The minimum atomic E-state index is -0.665. The molecule has 0 unspecified atom stereocenters. The third-order valence-electron chi connectivity index (χ3n) is 3.37. The average Bonchev–Trinajstić information content (AvgIpc) is 2.67. The lowest BCUT2D eigenvalue weighted by atomic mass is 10.1. The Morgan fingerprint density at radius 2 is 1.89 bits per heavy atom. The molecule has 0 aliphatic heterocycles. The second-order valence-corrected chi connectivity index (χ2v) is 5.31. The van der Waals surface area contributed by atoms with Crippen LogP contribution in [-0.4, -0.2) is 51.8 Å². The maximum absolute atomic E-state index is 11.7. The summed E-state index contributed by atoms with van der Waals surface area (Å²) in [6.07, 6.45) is 3.39. The normalized spacial score (nSPS) is 10.3. The number of hydrogen-bond acceptors (Lipinski definition) is 7. The molecule has 1 rings (SSSR count). The Bertz CT molecular complexity index is 670. The highest BCUT2D eigenvalue weighted by Crippen LogP contribution is 2.25. The molecule has 148 valence electrons. The largest absolute Gasteiger partial charge is 0.497 e. The predicted molar refractivity (Wildman–Crippen MR) is 98.4 cm³/mol. The monoisotopic (exact) mass is 379 g/mol. The van der Waals surface area contributed by atoms with Gasteiger partial charge in [0, 0.05) is 24.6 Å². The van der Waals surface area contributed by atoms with Crippen LogP contribution in [-0.2, 0) is 23.9 Å². The van der Waals surface area contributed by atoms with E-state index in [1.807, 2.05) is 0 Å². The van der Waals surface area contributed by atoms with Crippen LogP contribution < -0.4 is 14.8 Å². The molecular weight excluding hydrogens is 354 g/mol. The van der Waals surface area contributed by atoms with Crippen LogP contribution in [0.2, 0.25) is 0 Å². The molecule has 0 atom stereocenters. The first-order chi connectivity index (χ1) is 13.0. The van der Waals surface area contributed by atoms with Gasteiger partial charge in [-0.15, -0.1) is 0 Å². The molecule has 0 aliphatic carbocycles. The van der Waals surface area contributed by atoms with Crippen LogP contribution in [0.5, 0.6) is 11.5 Å². The van der Waals surface area contributed by atoms with Crippen molar-refractivity contribution in [3.8, 4) is 11.5 Å². The summed E-state index contributed by atoms with van der Waals surface area (Å²) in [6.45, 7) is 1.95. The van der Waals surface area contributed by atoms with Gasteiger partial charge < -0.3 is 24.3 Å². The maximum atomic E-state index is 11.7. The second kappa shape index (κ2) is 12.3.